The van der Waals surface area contributed by atoms with Crippen LogP contribution in [0.15, 0.2) is 127 Å². The Morgan fingerprint density at radius 2 is 1.63 bits per heavy atom. The summed E-state index contributed by atoms with van der Waals surface area (Å²) in [6.07, 6.45) is 6.23. The highest BCUT2D eigenvalue weighted by Crippen LogP contribution is 2.64. The van der Waals surface area contributed by atoms with Crippen molar-refractivity contribution in [3.05, 3.63) is 154 Å². The second-order valence-corrected chi connectivity index (χ2v) is 14.5. The second-order valence-electron chi connectivity index (χ2n) is 13.5. The number of para-hydroxylation sites is 1. The number of hydrogen-bond acceptors (Lipinski definition) is 6. The number of allylic oxidation sites excluding steroid dienone is 5. The van der Waals surface area contributed by atoms with Crippen LogP contribution in [0.25, 0.3) is 5.57 Å². The predicted octanol–water partition coefficient (Wildman–Crippen LogP) is 7.21. The SMILES string of the molecule is C=CCc1cccc(C2C3=CCC4C(=O)N(Cc5cccs5)C(=O)C4C3CC3C(=O)C(c4ccccc4)=CC(=O)C32c2ccccc2)c1O. The summed E-state index contributed by atoms with van der Waals surface area (Å²) in [4.78, 5) is 60.8. The normalized spacial score (nSPS) is 27.6. The minimum atomic E-state index is -1.39. The zero-order valence-corrected chi connectivity index (χ0v) is 27.6. The van der Waals surface area contributed by atoms with Crippen LogP contribution in [-0.4, -0.2) is 33.4 Å². The van der Waals surface area contributed by atoms with Crippen molar-refractivity contribution in [2.45, 2.75) is 37.1 Å². The van der Waals surface area contributed by atoms with Gasteiger partial charge in [-0.3, -0.25) is 24.1 Å². The maximum Gasteiger partial charge on any atom is 0.234 e. The molecule has 3 aromatic carbocycles. The lowest BCUT2D eigenvalue weighted by atomic mass is 9.44. The zero-order valence-electron chi connectivity index (χ0n) is 26.8. The van der Waals surface area contributed by atoms with E-state index in [4.69, 9.17) is 0 Å². The van der Waals surface area contributed by atoms with E-state index in [-0.39, 0.29) is 42.1 Å². The van der Waals surface area contributed by atoms with Crippen LogP contribution in [0.3, 0.4) is 0 Å². The van der Waals surface area contributed by atoms with Gasteiger partial charge in [0.2, 0.25) is 11.8 Å². The number of aromatic hydroxyl groups is 1. The molecule has 0 bridgehead atoms. The standard InChI is InChI=1S/C42H35NO5S/c1-2-11-26-14-9-18-31(38(26)45)37-29-19-20-30-36(41(48)43(40(30)47)24-28-17-10-21-49-28)33(29)22-34-39(46)32(25-12-5-3-6-13-25)23-35(44)42(34,37)27-15-7-4-8-16-27/h2-10,12-19,21,23,30,33-34,36-37,45H,1,11,20,22,24H2. The summed E-state index contributed by atoms with van der Waals surface area (Å²) in [7, 11) is 0. The first kappa shape index (κ1) is 31.1. The molecule has 6 unspecified atom stereocenters. The van der Waals surface area contributed by atoms with E-state index < -0.39 is 35.0 Å². The van der Waals surface area contributed by atoms with Gasteiger partial charge in [0, 0.05) is 27.8 Å². The van der Waals surface area contributed by atoms with Gasteiger partial charge in [-0.05, 0) is 59.4 Å². The zero-order chi connectivity index (χ0) is 33.9. The molecule has 3 aliphatic carbocycles. The third-order valence-electron chi connectivity index (χ3n) is 11.2. The number of Topliss-reactive ketones (excluding diaryl/α,β-unsaturated/α-hetero) is 1. The molecule has 1 saturated carbocycles. The van der Waals surface area contributed by atoms with E-state index in [1.807, 2.05) is 102 Å². The van der Waals surface area contributed by atoms with Crippen molar-refractivity contribution in [3.63, 3.8) is 0 Å². The van der Waals surface area contributed by atoms with Crippen LogP contribution in [0.2, 0.25) is 0 Å². The topological polar surface area (TPSA) is 91.8 Å². The average molecular weight is 666 g/mol. The third-order valence-corrected chi connectivity index (χ3v) is 12.0. The molecule has 4 aromatic rings. The molecule has 6 atom stereocenters. The number of benzene rings is 3. The molecule has 49 heavy (non-hydrogen) atoms. The molecule has 0 radical (unpaired) electrons. The number of thiophene rings is 1. The number of imide groups is 1. The van der Waals surface area contributed by atoms with Crippen molar-refractivity contribution >= 4 is 40.3 Å². The van der Waals surface area contributed by atoms with Crippen molar-refractivity contribution in [1.82, 2.24) is 4.90 Å². The lowest BCUT2D eigenvalue weighted by Gasteiger charge is -2.55. The van der Waals surface area contributed by atoms with Crippen molar-refractivity contribution in [2.24, 2.45) is 23.7 Å². The van der Waals surface area contributed by atoms with Crippen molar-refractivity contribution < 1.29 is 24.3 Å². The fourth-order valence-corrected chi connectivity index (χ4v) is 9.86. The van der Waals surface area contributed by atoms with Gasteiger partial charge in [-0.2, -0.15) is 0 Å². The molecule has 2 fully saturated rings. The first-order valence-corrected chi connectivity index (χ1v) is 17.6. The molecule has 6 nitrogen and oxygen atoms in total. The molecule has 8 rings (SSSR count). The van der Waals surface area contributed by atoms with Gasteiger partial charge >= 0.3 is 0 Å². The molecule has 4 aliphatic rings. The summed E-state index contributed by atoms with van der Waals surface area (Å²) in [5, 5.41) is 13.9. The number of amides is 2. The predicted molar refractivity (Wildman–Crippen MR) is 188 cm³/mol. The minimum Gasteiger partial charge on any atom is -0.507 e. The van der Waals surface area contributed by atoms with E-state index in [0.717, 1.165) is 10.5 Å². The van der Waals surface area contributed by atoms with Gasteiger partial charge in [-0.25, -0.2) is 0 Å². The molecule has 1 saturated heterocycles. The van der Waals surface area contributed by atoms with Crippen LogP contribution in [0, 0.1) is 23.7 Å². The summed E-state index contributed by atoms with van der Waals surface area (Å²) in [5.74, 6) is -4.08. The van der Waals surface area contributed by atoms with Crippen LogP contribution < -0.4 is 0 Å². The van der Waals surface area contributed by atoms with E-state index in [2.05, 4.69) is 6.58 Å². The van der Waals surface area contributed by atoms with Crippen LogP contribution in [0.4, 0.5) is 0 Å². The maximum atomic E-state index is 15.2. The van der Waals surface area contributed by atoms with E-state index in [9.17, 15) is 14.7 Å². The Balaban J connectivity index is 1.36. The highest BCUT2D eigenvalue weighted by Gasteiger charge is 2.66. The van der Waals surface area contributed by atoms with Gasteiger partial charge in [0.05, 0.1) is 23.8 Å². The molecular weight excluding hydrogens is 631 g/mol. The quantitative estimate of drug-likeness (QED) is 0.167. The maximum absolute atomic E-state index is 15.2. The Kier molecular flexibility index (Phi) is 7.68. The highest BCUT2D eigenvalue weighted by molar-refractivity contribution is 7.09. The van der Waals surface area contributed by atoms with Crippen molar-refractivity contribution in [2.75, 3.05) is 0 Å². The first-order chi connectivity index (χ1) is 23.9. The van der Waals surface area contributed by atoms with Crippen LogP contribution in [0.5, 0.6) is 5.75 Å². The largest absolute Gasteiger partial charge is 0.507 e. The van der Waals surface area contributed by atoms with Crippen molar-refractivity contribution in [3.8, 4) is 5.75 Å². The van der Waals surface area contributed by atoms with Gasteiger partial charge in [0.25, 0.3) is 0 Å². The molecule has 7 heteroatoms. The molecule has 1 aromatic heterocycles. The van der Waals surface area contributed by atoms with Gasteiger partial charge in [-0.15, -0.1) is 17.9 Å². The number of phenols is 1. The number of ketones is 2. The van der Waals surface area contributed by atoms with E-state index in [1.165, 1.54) is 22.3 Å². The number of nitrogens with zero attached hydrogens (tertiary/aromatic N) is 1. The van der Waals surface area contributed by atoms with E-state index in [0.29, 0.717) is 40.7 Å². The summed E-state index contributed by atoms with van der Waals surface area (Å²) in [6.45, 7) is 4.09. The van der Waals surface area contributed by atoms with Crippen LogP contribution >= 0.6 is 11.3 Å². The Hall–Kier alpha value is -5.14. The highest BCUT2D eigenvalue weighted by atomic mass is 32.1. The fraction of sp³-hybridized carbons (Fsp3) is 0.238. The Labute approximate surface area is 289 Å². The fourth-order valence-electron chi connectivity index (χ4n) is 9.16. The Morgan fingerprint density at radius 1 is 0.878 bits per heavy atom. The summed E-state index contributed by atoms with van der Waals surface area (Å²) in [5.41, 5.74) is 2.34. The molecule has 244 valence electrons. The van der Waals surface area contributed by atoms with E-state index >= 15 is 9.59 Å². The van der Waals surface area contributed by atoms with Gasteiger partial charge < -0.3 is 5.11 Å². The Bertz CT molecular complexity index is 2060. The molecule has 1 aliphatic heterocycles. The molecule has 0 spiro atoms. The van der Waals surface area contributed by atoms with Crippen LogP contribution in [-0.2, 0) is 37.6 Å². The third kappa shape index (κ3) is 4.66. The number of carbonyl (C=O) groups excluding carboxylic acids is 4. The smallest absolute Gasteiger partial charge is 0.234 e. The Morgan fingerprint density at radius 3 is 2.35 bits per heavy atom. The number of rotatable bonds is 7. The van der Waals surface area contributed by atoms with Crippen molar-refractivity contribution in [1.29, 1.82) is 0 Å². The second kappa shape index (κ2) is 12.1. The number of carbonyl (C=O) groups is 4. The number of phenolic OH excluding ortho intramolecular Hbond substituents is 1. The lowest BCUT2D eigenvalue weighted by molar-refractivity contribution is -0.141. The molecular formula is C42H35NO5S. The van der Waals surface area contributed by atoms with E-state index in [1.54, 1.807) is 6.08 Å². The number of fused-ring (bicyclic) bond motifs is 4. The van der Waals surface area contributed by atoms with Crippen LogP contribution in [0.1, 0.15) is 45.9 Å². The monoisotopic (exact) mass is 665 g/mol. The molecule has 1 N–H and O–H groups in total. The molecule has 2 amide bonds. The molecule has 2 heterocycles. The van der Waals surface area contributed by atoms with Gasteiger partial charge in [0.1, 0.15) is 5.75 Å². The summed E-state index contributed by atoms with van der Waals surface area (Å²) in [6, 6.07) is 28.0. The van der Waals surface area contributed by atoms with Gasteiger partial charge in [0.15, 0.2) is 11.6 Å². The van der Waals surface area contributed by atoms with Gasteiger partial charge in [-0.1, -0.05) is 103 Å². The summed E-state index contributed by atoms with van der Waals surface area (Å²) < 4.78 is 0. The first-order valence-electron chi connectivity index (χ1n) is 16.8. The minimum absolute atomic E-state index is 0.0522. The number of likely N-dealkylation sites (tertiary alicyclic amines) is 1. The lowest BCUT2D eigenvalue weighted by Crippen LogP contribution is -2.58. The summed E-state index contributed by atoms with van der Waals surface area (Å²) >= 11 is 1.50. The average Bonchev–Trinajstić information content (AvgIpc) is 3.73. The number of hydrogen-bond donors (Lipinski definition) is 1.